The molecule has 1 aliphatic rings. The van der Waals surface area contributed by atoms with E-state index < -0.39 is 0 Å². The molecule has 0 bridgehead atoms. The van der Waals surface area contributed by atoms with Gasteiger partial charge in [-0.15, -0.1) is 0 Å². The molecule has 0 fully saturated rings. The lowest BCUT2D eigenvalue weighted by molar-refractivity contribution is 0.942. The second-order valence-corrected chi connectivity index (χ2v) is 5.46. The first-order chi connectivity index (χ1) is 11.7. The van der Waals surface area contributed by atoms with Gasteiger partial charge in [0.1, 0.15) is 0 Å². The van der Waals surface area contributed by atoms with E-state index in [0.29, 0.717) is 0 Å². The minimum atomic E-state index is 0.794. The zero-order chi connectivity index (χ0) is 17.6. The lowest BCUT2D eigenvalue weighted by Gasteiger charge is -2.09. The van der Waals surface area contributed by atoms with Crippen molar-refractivity contribution < 1.29 is 0 Å². The molecule has 1 nitrogen and oxygen atoms in total. The predicted octanol–water partition coefficient (Wildman–Crippen LogP) is 6.11. The van der Waals surface area contributed by atoms with E-state index in [2.05, 4.69) is 67.9 Å². The Kier molecular flexibility index (Phi) is 9.72. The molecule has 0 aromatic rings. The third-order valence-corrected chi connectivity index (χ3v) is 3.64. The van der Waals surface area contributed by atoms with E-state index >= 15 is 0 Å². The maximum absolute atomic E-state index is 4.10. The van der Waals surface area contributed by atoms with Crippen LogP contribution in [0.4, 0.5) is 0 Å². The summed E-state index contributed by atoms with van der Waals surface area (Å²) >= 11 is 0. The molecule has 0 amide bonds. The zero-order valence-electron chi connectivity index (χ0n) is 15.0. The highest BCUT2D eigenvalue weighted by Crippen LogP contribution is 2.19. The van der Waals surface area contributed by atoms with Gasteiger partial charge in [-0.1, -0.05) is 86.4 Å². The standard InChI is InChI=1S/C23H29N/c1-5-8-9-10-13-21(7-3)16-17-24-19-23(18-20(4)6-2)22-14-11-12-15-22/h5,7-11,13-18,24H,1,4,6,12,19H2,2-3H3/b9-8-,13-10?,17-16-,21-7-,23-18+. The van der Waals surface area contributed by atoms with E-state index in [1.165, 1.54) is 11.1 Å². The monoisotopic (exact) mass is 319 g/mol. The Bertz CT molecular complexity index is 631. The molecule has 1 rings (SSSR count). The van der Waals surface area contributed by atoms with Crippen molar-refractivity contribution in [2.24, 2.45) is 0 Å². The molecule has 1 heteroatoms. The Labute approximate surface area is 147 Å². The van der Waals surface area contributed by atoms with Gasteiger partial charge in [-0.2, -0.15) is 0 Å². The van der Waals surface area contributed by atoms with Crippen LogP contribution >= 0.6 is 0 Å². The number of allylic oxidation sites excluding steroid dienone is 13. The van der Waals surface area contributed by atoms with Gasteiger partial charge in [0.2, 0.25) is 0 Å². The van der Waals surface area contributed by atoms with Crippen molar-refractivity contribution in [3.8, 4) is 0 Å². The number of rotatable bonds is 10. The van der Waals surface area contributed by atoms with Crippen LogP contribution in [0, 0.1) is 0 Å². The third-order valence-electron chi connectivity index (χ3n) is 3.64. The SMILES string of the molecule is C=C/C=C\C=CC(/C=C\NC/C(=C\C(=C)CC)C1=CCC=C1)=C/C. The number of hydrogen-bond donors (Lipinski definition) is 1. The minimum absolute atomic E-state index is 0.794. The summed E-state index contributed by atoms with van der Waals surface area (Å²) in [6.45, 7) is 12.7. The predicted molar refractivity (Wildman–Crippen MR) is 109 cm³/mol. The van der Waals surface area contributed by atoms with Crippen molar-refractivity contribution in [3.05, 3.63) is 108 Å². The molecule has 1 aliphatic carbocycles. The van der Waals surface area contributed by atoms with Crippen molar-refractivity contribution in [1.29, 1.82) is 0 Å². The van der Waals surface area contributed by atoms with Gasteiger partial charge in [0, 0.05) is 6.54 Å². The molecule has 0 spiro atoms. The Hall–Kier alpha value is -2.54. The first-order valence-electron chi connectivity index (χ1n) is 8.48. The highest BCUT2D eigenvalue weighted by molar-refractivity contribution is 5.47. The van der Waals surface area contributed by atoms with Crippen molar-refractivity contribution in [1.82, 2.24) is 5.32 Å². The van der Waals surface area contributed by atoms with Crippen LogP contribution in [0.5, 0.6) is 0 Å². The fourth-order valence-corrected chi connectivity index (χ4v) is 2.16. The highest BCUT2D eigenvalue weighted by atomic mass is 14.8. The van der Waals surface area contributed by atoms with Gasteiger partial charge in [-0.3, -0.25) is 0 Å². The van der Waals surface area contributed by atoms with Crippen LogP contribution in [0.1, 0.15) is 26.7 Å². The summed E-state index contributed by atoms with van der Waals surface area (Å²) in [6.07, 6.45) is 26.7. The fraction of sp³-hybridized carbons (Fsp3) is 0.217. The molecule has 0 atom stereocenters. The fourth-order valence-electron chi connectivity index (χ4n) is 2.16. The Morgan fingerprint density at radius 1 is 1.25 bits per heavy atom. The van der Waals surface area contributed by atoms with Gasteiger partial charge < -0.3 is 5.32 Å². The summed E-state index contributed by atoms with van der Waals surface area (Å²) in [5.41, 5.74) is 4.89. The van der Waals surface area contributed by atoms with Crippen LogP contribution in [0.3, 0.4) is 0 Å². The molecule has 24 heavy (non-hydrogen) atoms. The topological polar surface area (TPSA) is 12.0 Å². The maximum atomic E-state index is 4.10. The molecule has 0 saturated carbocycles. The summed E-state index contributed by atoms with van der Waals surface area (Å²) < 4.78 is 0. The van der Waals surface area contributed by atoms with Gasteiger partial charge in [-0.25, -0.2) is 0 Å². The third kappa shape index (κ3) is 7.64. The van der Waals surface area contributed by atoms with Crippen LogP contribution in [0.15, 0.2) is 108 Å². The Balaban J connectivity index is 2.63. The molecule has 0 saturated heterocycles. The van der Waals surface area contributed by atoms with E-state index in [0.717, 1.165) is 30.5 Å². The van der Waals surface area contributed by atoms with Gasteiger partial charge in [0.05, 0.1) is 0 Å². The summed E-state index contributed by atoms with van der Waals surface area (Å²) in [7, 11) is 0. The van der Waals surface area contributed by atoms with Gasteiger partial charge >= 0.3 is 0 Å². The average Bonchev–Trinajstić information content (AvgIpc) is 3.13. The largest absolute Gasteiger partial charge is 0.387 e. The quantitative estimate of drug-likeness (QED) is 0.479. The average molecular weight is 319 g/mol. The summed E-state index contributed by atoms with van der Waals surface area (Å²) in [6, 6.07) is 0. The lowest BCUT2D eigenvalue weighted by atomic mass is 10.0. The molecule has 1 N–H and O–H groups in total. The van der Waals surface area contributed by atoms with Crippen molar-refractivity contribution in [2.45, 2.75) is 26.7 Å². The van der Waals surface area contributed by atoms with Gasteiger partial charge in [-0.05, 0) is 48.8 Å². The van der Waals surface area contributed by atoms with Gasteiger partial charge in [0.25, 0.3) is 0 Å². The molecule has 0 aromatic heterocycles. The summed E-state index contributed by atoms with van der Waals surface area (Å²) in [4.78, 5) is 0. The molecular formula is C23H29N. The normalized spacial score (nSPS) is 15.7. The molecule has 0 unspecified atom stereocenters. The Morgan fingerprint density at radius 3 is 2.71 bits per heavy atom. The van der Waals surface area contributed by atoms with Crippen molar-refractivity contribution in [2.75, 3.05) is 6.54 Å². The van der Waals surface area contributed by atoms with Crippen LogP contribution < -0.4 is 5.32 Å². The lowest BCUT2D eigenvalue weighted by Crippen LogP contribution is -2.11. The molecule has 0 heterocycles. The molecule has 0 aromatic carbocycles. The number of nitrogens with one attached hydrogen (secondary N) is 1. The first-order valence-corrected chi connectivity index (χ1v) is 8.48. The van der Waals surface area contributed by atoms with Crippen LogP contribution in [-0.4, -0.2) is 6.54 Å². The zero-order valence-corrected chi connectivity index (χ0v) is 15.0. The number of hydrogen-bond acceptors (Lipinski definition) is 1. The summed E-state index contributed by atoms with van der Waals surface area (Å²) in [5, 5.41) is 3.38. The van der Waals surface area contributed by atoms with E-state index in [1.54, 1.807) is 6.08 Å². The molecule has 126 valence electrons. The van der Waals surface area contributed by atoms with Crippen LogP contribution in [-0.2, 0) is 0 Å². The second-order valence-electron chi connectivity index (χ2n) is 5.46. The van der Waals surface area contributed by atoms with E-state index in [1.807, 2.05) is 31.4 Å². The van der Waals surface area contributed by atoms with Crippen molar-refractivity contribution >= 4 is 0 Å². The summed E-state index contributed by atoms with van der Waals surface area (Å²) in [5.74, 6) is 0. The second kappa shape index (κ2) is 12.0. The van der Waals surface area contributed by atoms with E-state index in [-0.39, 0.29) is 0 Å². The first kappa shape index (κ1) is 19.5. The highest BCUT2D eigenvalue weighted by Gasteiger charge is 2.04. The smallest absolute Gasteiger partial charge is 0.0401 e. The van der Waals surface area contributed by atoms with Crippen molar-refractivity contribution in [3.63, 3.8) is 0 Å². The molecule has 0 radical (unpaired) electrons. The molecular weight excluding hydrogens is 290 g/mol. The van der Waals surface area contributed by atoms with Crippen LogP contribution in [0.25, 0.3) is 0 Å². The minimum Gasteiger partial charge on any atom is -0.387 e. The van der Waals surface area contributed by atoms with Crippen LogP contribution in [0.2, 0.25) is 0 Å². The van der Waals surface area contributed by atoms with E-state index in [4.69, 9.17) is 0 Å². The molecule has 0 aliphatic heterocycles. The van der Waals surface area contributed by atoms with Gasteiger partial charge in [0.15, 0.2) is 0 Å². The Morgan fingerprint density at radius 2 is 2.08 bits per heavy atom. The maximum Gasteiger partial charge on any atom is 0.0401 e. The van der Waals surface area contributed by atoms with E-state index in [9.17, 15) is 0 Å².